The third-order valence-electron chi connectivity index (χ3n) is 2.36. The first-order chi connectivity index (χ1) is 8.26. The number of benzene rings is 1. The molecule has 0 aliphatic rings. The van der Waals surface area contributed by atoms with Gasteiger partial charge in [-0.1, -0.05) is 5.16 Å². The van der Waals surface area contributed by atoms with Crippen molar-refractivity contribution in [2.75, 3.05) is 14.2 Å². The van der Waals surface area contributed by atoms with Gasteiger partial charge in [0.25, 0.3) is 0 Å². The second-order valence-electron chi connectivity index (χ2n) is 3.44. The van der Waals surface area contributed by atoms with E-state index >= 15 is 0 Å². The highest BCUT2D eigenvalue weighted by Crippen LogP contribution is 2.29. The van der Waals surface area contributed by atoms with E-state index in [1.165, 1.54) is 0 Å². The molecule has 0 saturated carbocycles. The molecule has 1 heterocycles. The molecule has 1 N–H and O–H groups in total. The van der Waals surface area contributed by atoms with E-state index < -0.39 is 0 Å². The van der Waals surface area contributed by atoms with Gasteiger partial charge in [0.05, 0.1) is 14.2 Å². The van der Waals surface area contributed by atoms with Crippen LogP contribution >= 0.6 is 0 Å². The number of hydrogen-bond donors (Lipinski definition) is 1. The molecular formula is C12H13NO4. The molecule has 5 nitrogen and oxygen atoms in total. The Morgan fingerprint density at radius 2 is 1.76 bits per heavy atom. The predicted octanol–water partition coefficient (Wildman–Crippen LogP) is 1.85. The van der Waals surface area contributed by atoms with Crippen molar-refractivity contribution in [3.8, 4) is 22.8 Å². The van der Waals surface area contributed by atoms with Crippen molar-refractivity contribution in [3.05, 3.63) is 30.0 Å². The van der Waals surface area contributed by atoms with Crippen LogP contribution in [0.15, 0.2) is 28.8 Å². The van der Waals surface area contributed by atoms with Crippen LogP contribution in [0.5, 0.6) is 11.5 Å². The Morgan fingerprint density at radius 3 is 2.24 bits per heavy atom. The lowest BCUT2D eigenvalue weighted by molar-refractivity contribution is 0.229. The molecule has 0 saturated heterocycles. The van der Waals surface area contributed by atoms with E-state index in [0.29, 0.717) is 23.0 Å². The first-order valence-corrected chi connectivity index (χ1v) is 5.06. The van der Waals surface area contributed by atoms with Gasteiger partial charge in [0.15, 0.2) is 5.76 Å². The van der Waals surface area contributed by atoms with Crippen molar-refractivity contribution in [1.29, 1.82) is 0 Å². The molecular weight excluding hydrogens is 222 g/mol. The lowest BCUT2D eigenvalue weighted by atomic mass is 10.1. The smallest absolute Gasteiger partial charge is 0.162 e. The molecule has 0 atom stereocenters. The fourth-order valence-corrected chi connectivity index (χ4v) is 1.48. The monoisotopic (exact) mass is 235 g/mol. The number of ether oxygens (including phenoxy) is 2. The summed E-state index contributed by atoms with van der Waals surface area (Å²) in [5.74, 6) is 1.77. The minimum absolute atomic E-state index is 0.173. The van der Waals surface area contributed by atoms with E-state index in [2.05, 4.69) is 5.16 Å². The summed E-state index contributed by atoms with van der Waals surface area (Å²) in [6, 6.07) is 7.09. The number of aliphatic hydroxyl groups excluding tert-OH is 1. The van der Waals surface area contributed by atoms with Gasteiger partial charge >= 0.3 is 0 Å². The SMILES string of the molecule is COc1cc(OC)cc(-c2cc(CO)on2)c1. The van der Waals surface area contributed by atoms with E-state index in [-0.39, 0.29) is 6.61 Å². The van der Waals surface area contributed by atoms with Crippen molar-refractivity contribution in [1.82, 2.24) is 5.16 Å². The van der Waals surface area contributed by atoms with Crippen LogP contribution in [-0.2, 0) is 6.61 Å². The number of hydrogen-bond acceptors (Lipinski definition) is 5. The summed E-state index contributed by atoms with van der Waals surface area (Å²) in [7, 11) is 3.17. The van der Waals surface area contributed by atoms with Crippen LogP contribution < -0.4 is 9.47 Å². The highest BCUT2D eigenvalue weighted by atomic mass is 16.5. The molecule has 0 amide bonds. The normalized spacial score (nSPS) is 10.3. The van der Waals surface area contributed by atoms with Gasteiger partial charge in [-0.3, -0.25) is 0 Å². The minimum atomic E-state index is -0.173. The summed E-state index contributed by atoms with van der Waals surface area (Å²) in [4.78, 5) is 0. The molecule has 0 aliphatic heterocycles. The molecule has 90 valence electrons. The Balaban J connectivity index is 2.43. The lowest BCUT2D eigenvalue weighted by Crippen LogP contribution is -1.88. The fourth-order valence-electron chi connectivity index (χ4n) is 1.48. The van der Waals surface area contributed by atoms with Crippen LogP contribution in [0.3, 0.4) is 0 Å². The topological polar surface area (TPSA) is 64.7 Å². The maximum absolute atomic E-state index is 8.92. The summed E-state index contributed by atoms with van der Waals surface area (Å²) >= 11 is 0. The molecule has 0 bridgehead atoms. The van der Waals surface area contributed by atoms with Gasteiger partial charge in [-0.05, 0) is 12.1 Å². The average molecular weight is 235 g/mol. The van der Waals surface area contributed by atoms with Gasteiger partial charge in [0.1, 0.15) is 23.8 Å². The first kappa shape index (κ1) is 11.5. The van der Waals surface area contributed by atoms with Crippen LogP contribution in [-0.4, -0.2) is 24.5 Å². The van der Waals surface area contributed by atoms with Crippen LogP contribution in [0.25, 0.3) is 11.3 Å². The Morgan fingerprint density at radius 1 is 1.12 bits per heavy atom. The number of aromatic nitrogens is 1. The zero-order chi connectivity index (χ0) is 12.3. The van der Waals surface area contributed by atoms with E-state index in [1.54, 1.807) is 26.4 Å². The third-order valence-corrected chi connectivity index (χ3v) is 2.36. The average Bonchev–Trinajstić information content (AvgIpc) is 2.86. The number of aliphatic hydroxyl groups is 1. The maximum atomic E-state index is 8.92. The molecule has 0 aliphatic carbocycles. The highest BCUT2D eigenvalue weighted by Gasteiger charge is 2.09. The summed E-state index contributed by atoms with van der Waals surface area (Å²) in [5, 5.41) is 12.8. The maximum Gasteiger partial charge on any atom is 0.162 e. The summed E-state index contributed by atoms with van der Waals surface area (Å²) < 4.78 is 15.3. The summed E-state index contributed by atoms with van der Waals surface area (Å²) in [5.41, 5.74) is 1.44. The van der Waals surface area contributed by atoms with Gasteiger partial charge in [0, 0.05) is 17.7 Å². The molecule has 1 aromatic heterocycles. The van der Waals surface area contributed by atoms with Gasteiger partial charge in [-0.25, -0.2) is 0 Å². The Hall–Kier alpha value is -2.01. The van der Waals surface area contributed by atoms with Gasteiger partial charge < -0.3 is 19.1 Å². The fraction of sp³-hybridized carbons (Fsp3) is 0.250. The van der Waals surface area contributed by atoms with Gasteiger partial charge in [0.2, 0.25) is 0 Å². The molecule has 5 heteroatoms. The Bertz CT molecular complexity index is 485. The van der Waals surface area contributed by atoms with Crippen LogP contribution in [0.4, 0.5) is 0 Å². The predicted molar refractivity (Wildman–Crippen MR) is 61.0 cm³/mol. The molecule has 0 fully saturated rings. The second kappa shape index (κ2) is 4.88. The number of nitrogens with zero attached hydrogens (tertiary/aromatic N) is 1. The van der Waals surface area contributed by atoms with Gasteiger partial charge in [-0.15, -0.1) is 0 Å². The van der Waals surface area contributed by atoms with E-state index in [0.717, 1.165) is 5.56 Å². The number of rotatable bonds is 4. The molecule has 0 unspecified atom stereocenters. The van der Waals surface area contributed by atoms with Crippen molar-refractivity contribution < 1.29 is 19.1 Å². The van der Waals surface area contributed by atoms with E-state index in [1.807, 2.05) is 12.1 Å². The zero-order valence-corrected chi connectivity index (χ0v) is 9.64. The van der Waals surface area contributed by atoms with Crippen LogP contribution in [0, 0.1) is 0 Å². The molecule has 2 rings (SSSR count). The largest absolute Gasteiger partial charge is 0.497 e. The molecule has 0 spiro atoms. The van der Waals surface area contributed by atoms with Crippen molar-refractivity contribution in [2.45, 2.75) is 6.61 Å². The van der Waals surface area contributed by atoms with E-state index in [9.17, 15) is 0 Å². The third kappa shape index (κ3) is 2.39. The molecule has 2 aromatic rings. The zero-order valence-electron chi connectivity index (χ0n) is 9.64. The Kier molecular flexibility index (Phi) is 3.30. The summed E-state index contributed by atoms with van der Waals surface area (Å²) in [6.45, 7) is -0.173. The molecule has 0 radical (unpaired) electrons. The second-order valence-corrected chi connectivity index (χ2v) is 3.44. The minimum Gasteiger partial charge on any atom is -0.497 e. The quantitative estimate of drug-likeness (QED) is 0.876. The molecule has 17 heavy (non-hydrogen) atoms. The highest BCUT2D eigenvalue weighted by molar-refractivity contribution is 5.63. The lowest BCUT2D eigenvalue weighted by Gasteiger charge is -2.06. The Labute approximate surface area is 98.6 Å². The number of methoxy groups -OCH3 is 2. The van der Waals surface area contributed by atoms with Crippen molar-refractivity contribution in [3.63, 3.8) is 0 Å². The van der Waals surface area contributed by atoms with Gasteiger partial charge in [-0.2, -0.15) is 0 Å². The first-order valence-electron chi connectivity index (χ1n) is 5.06. The van der Waals surface area contributed by atoms with E-state index in [4.69, 9.17) is 19.1 Å². The van der Waals surface area contributed by atoms with Crippen LogP contribution in [0.2, 0.25) is 0 Å². The van der Waals surface area contributed by atoms with Crippen molar-refractivity contribution >= 4 is 0 Å². The van der Waals surface area contributed by atoms with Crippen LogP contribution in [0.1, 0.15) is 5.76 Å². The summed E-state index contributed by atoms with van der Waals surface area (Å²) in [6.07, 6.45) is 0. The van der Waals surface area contributed by atoms with Crippen molar-refractivity contribution in [2.24, 2.45) is 0 Å². The standard InChI is InChI=1S/C12H13NO4/c1-15-9-3-8(4-10(5-9)16-2)12-6-11(7-14)17-13-12/h3-6,14H,7H2,1-2H3. The molecule has 1 aromatic carbocycles.